The predicted molar refractivity (Wildman–Crippen MR) is 104 cm³/mol. The largest absolute Gasteiger partial charge is 0.483 e. The molecular weight excluding hydrogens is 369 g/mol. The first kappa shape index (κ1) is 18.9. The number of hydrogen-bond donors (Lipinski definition) is 3. The molecule has 0 spiro atoms. The summed E-state index contributed by atoms with van der Waals surface area (Å²) in [5.74, 6) is 0.453. The van der Waals surface area contributed by atoms with Crippen LogP contribution in [-0.2, 0) is 11.2 Å². The Bertz CT molecular complexity index is 856. The fourth-order valence-corrected chi connectivity index (χ4v) is 2.87. The normalized spacial score (nSPS) is 13.9. The second-order valence-electron chi connectivity index (χ2n) is 6.71. The van der Waals surface area contributed by atoms with E-state index in [1.807, 2.05) is 26.0 Å². The smallest absolute Gasteiger partial charge is 0.276 e. The van der Waals surface area contributed by atoms with E-state index in [0.717, 1.165) is 12.0 Å². The van der Waals surface area contributed by atoms with Crippen molar-refractivity contribution < 1.29 is 18.7 Å². The van der Waals surface area contributed by atoms with Crippen LogP contribution in [0.4, 0.5) is 10.1 Å². The molecule has 0 saturated carbocycles. The van der Waals surface area contributed by atoms with Gasteiger partial charge in [-0.05, 0) is 56.4 Å². The number of anilines is 1. The van der Waals surface area contributed by atoms with E-state index in [-0.39, 0.29) is 23.1 Å². The van der Waals surface area contributed by atoms with Crippen LogP contribution in [0.1, 0.15) is 19.4 Å². The number of hydrogen-bond acceptors (Lipinski definition) is 4. The summed E-state index contributed by atoms with van der Waals surface area (Å²) in [6.45, 7) is 3.80. The van der Waals surface area contributed by atoms with E-state index in [0.29, 0.717) is 17.2 Å². The molecule has 0 bridgehead atoms. The summed E-state index contributed by atoms with van der Waals surface area (Å²) in [4.78, 5) is 12.0. The van der Waals surface area contributed by atoms with Gasteiger partial charge in [-0.15, -0.1) is 0 Å². The van der Waals surface area contributed by atoms with E-state index in [1.54, 1.807) is 6.07 Å². The summed E-state index contributed by atoms with van der Waals surface area (Å²) >= 11 is 5.06. The van der Waals surface area contributed by atoms with Gasteiger partial charge in [0.15, 0.2) is 23.2 Å². The zero-order chi connectivity index (χ0) is 19.4. The molecule has 6 nitrogen and oxygen atoms in total. The van der Waals surface area contributed by atoms with Gasteiger partial charge >= 0.3 is 0 Å². The lowest BCUT2D eigenvalue weighted by Crippen LogP contribution is -2.45. The maximum atomic E-state index is 12.9. The van der Waals surface area contributed by atoms with Gasteiger partial charge in [0, 0.05) is 17.7 Å². The molecule has 1 aliphatic rings. The van der Waals surface area contributed by atoms with Gasteiger partial charge < -0.3 is 14.8 Å². The van der Waals surface area contributed by atoms with Gasteiger partial charge in [-0.25, -0.2) is 4.39 Å². The van der Waals surface area contributed by atoms with Crippen LogP contribution in [0.25, 0.3) is 0 Å². The van der Waals surface area contributed by atoms with Crippen molar-refractivity contribution in [3.8, 4) is 11.5 Å². The number of thiocarbonyl (C=S) groups is 1. The molecule has 8 heteroatoms. The number of rotatable bonds is 4. The van der Waals surface area contributed by atoms with Gasteiger partial charge in [0.05, 0.1) is 0 Å². The molecular formula is C19H20FN3O3S. The quantitative estimate of drug-likeness (QED) is 0.552. The van der Waals surface area contributed by atoms with E-state index in [4.69, 9.17) is 21.7 Å². The van der Waals surface area contributed by atoms with Gasteiger partial charge in [-0.3, -0.25) is 15.6 Å². The maximum absolute atomic E-state index is 12.9. The van der Waals surface area contributed by atoms with Gasteiger partial charge in [-0.2, -0.15) is 0 Å². The zero-order valence-electron chi connectivity index (χ0n) is 15.0. The highest BCUT2D eigenvalue weighted by atomic mass is 32.1. The molecule has 0 saturated heterocycles. The molecule has 2 aromatic rings. The topological polar surface area (TPSA) is 71.6 Å². The average molecular weight is 389 g/mol. The van der Waals surface area contributed by atoms with E-state index in [1.165, 1.54) is 24.3 Å². The third kappa shape index (κ3) is 5.07. The molecule has 0 atom stereocenters. The Balaban J connectivity index is 1.46. The van der Waals surface area contributed by atoms with Crippen molar-refractivity contribution in [1.29, 1.82) is 0 Å². The van der Waals surface area contributed by atoms with Gasteiger partial charge in [0.25, 0.3) is 5.91 Å². The van der Waals surface area contributed by atoms with Crippen molar-refractivity contribution >= 4 is 28.9 Å². The standard InChI is InChI=1S/C19H20FN3O3S/c1-19(2)10-12-4-3-5-15(17(12)26-19)25-11-16(24)22-23-18(27)21-14-8-6-13(20)7-9-14/h3-9H,10-11H2,1-2H3,(H,22,24)(H2,21,23,27). The number of fused-ring (bicyclic) bond motifs is 1. The highest BCUT2D eigenvalue weighted by Crippen LogP contribution is 2.41. The van der Waals surface area contributed by atoms with E-state index in [2.05, 4.69) is 16.2 Å². The zero-order valence-corrected chi connectivity index (χ0v) is 15.8. The second kappa shape index (κ2) is 7.79. The van der Waals surface area contributed by atoms with Gasteiger partial charge in [-0.1, -0.05) is 12.1 Å². The minimum atomic E-state index is -0.409. The molecule has 0 fully saturated rings. The van der Waals surface area contributed by atoms with Gasteiger partial charge in [0.2, 0.25) is 0 Å². The number of hydrazine groups is 1. The third-order valence-electron chi connectivity index (χ3n) is 3.83. The van der Waals surface area contributed by atoms with Crippen LogP contribution in [0, 0.1) is 5.82 Å². The van der Waals surface area contributed by atoms with Crippen LogP contribution in [0.3, 0.4) is 0 Å². The fraction of sp³-hybridized carbons (Fsp3) is 0.263. The summed E-state index contributed by atoms with van der Waals surface area (Å²) in [5.41, 5.74) is 6.36. The Morgan fingerprint density at radius 2 is 1.96 bits per heavy atom. The first-order chi connectivity index (χ1) is 12.8. The summed E-state index contributed by atoms with van der Waals surface area (Å²) < 4.78 is 24.4. The number of nitrogens with one attached hydrogen (secondary N) is 3. The van der Waals surface area contributed by atoms with Crippen molar-refractivity contribution in [1.82, 2.24) is 10.9 Å². The van der Waals surface area contributed by atoms with E-state index in [9.17, 15) is 9.18 Å². The molecule has 142 valence electrons. The van der Waals surface area contributed by atoms with Crippen molar-refractivity contribution in [3.63, 3.8) is 0 Å². The summed E-state index contributed by atoms with van der Waals surface area (Å²) in [7, 11) is 0. The van der Waals surface area contributed by atoms with Crippen LogP contribution in [0.5, 0.6) is 11.5 Å². The van der Waals surface area contributed by atoms with Crippen molar-refractivity contribution in [3.05, 3.63) is 53.8 Å². The Morgan fingerprint density at radius 3 is 2.70 bits per heavy atom. The molecule has 1 aliphatic heterocycles. The Kier molecular flexibility index (Phi) is 5.46. The minimum absolute atomic E-state index is 0.167. The number of halogens is 1. The second-order valence-corrected chi connectivity index (χ2v) is 7.11. The summed E-state index contributed by atoms with van der Waals surface area (Å²) in [6, 6.07) is 11.3. The van der Waals surface area contributed by atoms with Crippen molar-refractivity contribution in [2.24, 2.45) is 0 Å². The lowest BCUT2D eigenvalue weighted by atomic mass is 10.0. The number of amides is 1. The molecule has 27 heavy (non-hydrogen) atoms. The van der Waals surface area contributed by atoms with Crippen LogP contribution in [0.2, 0.25) is 0 Å². The van der Waals surface area contributed by atoms with Crippen LogP contribution in [-0.4, -0.2) is 23.2 Å². The molecule has 0 unspecified atom stereocenters. The molecule has 0 aliphatic carbocycles. The molecule has 0 aromatic heterocycles. The lowest BCUT2D eigenvalue weighted by molar-refractivity contribution is -0.123. The van der Waals surface area contributed by atoms with E-state index < -0.39 is 5.91 Å². The third-order valence-corrected chi connectivity index (χ3v) is 4.04. The summed E-state index contributed by atoms with van der Waals surface area (Å²) in [5, 5.41) is 2.99. The SMILES string of the molecule is CC1(C)Cc2cccc(OCC(=O)NNC(=S)Nc3ccc(F)cc3)c2O1. The van der Waals surface area contributed by atoms with Crippen molar-refractivity contribution in [2.45, 2.75) is 25.9 Å². The monoisotopic (exact) mass is 389 g/mol. The highest BCUT2D eigenvalue weighted by Gasteiger charge is 2.32. The Labute approximate surface area is 162 Å². The van der Waals surface area contributed by atoms with E-state index >= 15 is 0 Å². The van der Waals surface area contributed by atoms with Crippen LogP contribution < -0.4 is 25.6 Å². The molecule has 2 aromatic carbocycles. The highest BCUT2D eigenvalue weighted by molar-refractivity contribution is 7.80. The number of benzene rings is 2. The first-order valence-electron chi connectivity index (χ1n) is 8.37. The minimum Gasteiger partial charge on any atom is -0.483 e. The molecule has 0 radical (unpaired) electrons. The number of carbonyl (C=O) groups is 1. The Hall–Kier alpha value is -2.87. The Morgan fingerprint density at radius 1 is 1.22 bits per heavy atom. The van der Waals surface area contributed by atoms with Crippen molar-refractivity contribution in [2.75, 3.05) is 11.9 Å². The molecule has 1 amide bonds. The average Bonchev–Trinajstić information content (AvgIpc) is 2.94. The number of ether oxygens (including phenoxy) is 2. The predicted octanol–water partition coefficient (Wildman–Crippen LogP) is 2.94. The number of carbonyl (C=O) groups excluding carboxylic acids is 1. The summed E-state index contributed by atoms with van der Waals surface area (Å²) in [6.07, 6.45) is 0.788. The fourth-order valence-electron chi connectivity index (χ4n) is 2.70. The lowest BCUT2D eigenvalue weighted by Gasteiger charge is -2.18. The molecule has 3 rings (SSSR count). The van der Waals surface area contributed by atoms with Crippen LogP contribution >= 0.6 is 12.2 Å². The van der Waals surface area contributed by atoms with Gasteiger partial charge in [0.1, 0.15) is 11.4 Å². The molecule has 3 N–H and O–H groups in total. The molecule has 1 heterocycles. The van der Waals surface area contributed by atoms with Crippen LogP contribution in [0.15, 0.2) is 42.5 Å². The maximum Gasteiger partial charge on any atom is 0.276 e. The first-order valence-corrected chi connectivity index (χ1v) is 8.78. The number of para-hydroxylation sites is 1.